The van der Waals surface area contributed by atoms with Gasteiger partial charge in [-0.2, -0.15) is 5.10 Å². The molecule has 0 bridgehead atoms. The van der Waals surface area contributed by atoms with Crippen LogP contribution < -0.4 is 25.4 Å². The molecule has 1 fully saturated rings. The van der Waals surface area contributed by atoms with E-state index in [-0.39, 0.29) is 30.1 Å². The zero-order chi connectivity index (χ0) is 25.3. The van der Waals surface area contributed by atoms with E-state index in [2.05, 4.69) is 28.0 Å². The molecule has 0 aliphatic carbocycles. The van der Waals surface area contributed by atoms with Crippen molar-refractivity contribution in [2.45, 2.75) is 64.4 Å². The van der Waals surface area contributed by atoms with Crippen LogP contribution in [0.3, 0.4) is 0 Å². The molecular weight excluding hydrogens is 462 g/mol. The predicted octanol–water partition coefficient (Wildman–Crippen LogP) is 3.61. The van der Waals surface area contributed by atoms with Gasteiger partial charge in [-0.3, -0.25) is 14.9 Å². The first kappa shape index (κ1) is 23.9. The molecule has 10 heteroatoms. The highest BCUT2D eigenvalue weighted by Crippen LogP contribution is 2.41. The molecule has 1 aromatic carbocycles. The van der Waals surface area contributed by atoms with E-state index in [1.807, 2.05) is 26.0 Å². The number of nitrogens with zero attached hydrogens (tertiary/aromatic N) is 2. The molecule has 0 saturated carbocycles. The van der Waals surface area contributed by atoms with Gasteiger partial charge < -0.3 is 24.5 Å². The monoisotopic (exact) mass is 493 g/mol. The Bertz CT molecular complexity index is 1250. The lowest BCUT2D eigenvalue weighted by molar-refractivity contribution is -0.125. The molecule has 5 rings (SSSR count). The standard InChI is InChI=1S/C26H31N5O5/c1-4-7-17-12-22(32)29-25(27-17)31-21(13-18(30-31)19-10-6-11-34-19)28-23(33)15-35-20-9-5-8-16-14-26(2,3)36-24(16)20/h5-6,8-11,13,17,25,27H,4,7,12,14-15H2,1-3H3,(H,28,33)(H,29,32). The highest BCUT2D eigenvalue weighted by atomic mass is 16.5. The zero-order valence-electron chi connectivity index (χ0n) is 20.7. The van der Waals surface area contributed by atoms with Gasteiger partial charge in [-0.1, -0.05) is 25.5 Å². The smallest absolute Gasteiger partial charge is 0.263 e. The molecule has 0 spiro atoms. The number of carbonyl (C=O) groups excluding carboxylic acids is 2. The summed E-state index contributed by atoms with van der Waals surface area (Å²) in [6, 6.07) is 11.0. The topological polar surface area (TPSA) is 120 Å². The van der Waals surface area contributed by atoms with Gasteiger partial charge in [0, 0.05) is 30.5 Å². The van der Waals surface area contributed by atoms with E-state index >= 15 is 0 Å². The molecule has 1 saturated heterocycles. The number of anilines is 1. The van der Waals surface area contributed by atoms with Crippen LogP contribution in [0.4, 0.5) is 5.82 Å². The van der Waals surface area contributed by atoms with Crippen LogP contribution in [-0.2, 0) is 16.0 Å². The fraction of sp³-hybridized carbons (Fsp3) is 0.423. The Balaban J connectivity index is 1.33. The number of carbonyl (C=O) groups is 2. The molecule has 2 atom stereocenters. The maximum atomic E-state index is 12.9. The Hall–Kier alpha value is -3.79. The number of hydrogen-bond acceptors (Lipinski definition) is 7. The van der Waals surface area contributed by atoms with E-state index in [4.69, 9.17) is 13.9 Å². The van der Waals surface area contributed by atoms with Crippen molar-refractivity contribution in [2.24, 2.45) is 0 Å². The lowest BCUT2D eigenvalue weighted by Crippen LogP contribution is -2.53. The molecular formula is C26H31N5O5. The van der Waals surface area contributed by atoms with Gasteiger partial charge in [0.25, 0.3) is 5.91 Å². The summed E-state index contributed by atoms with van der Waals surface area (Å²) >= 11 is 0. The molecule has 10 nitrogen and oxygen atoms in total. The van der Waals surface area contributed by atoms with Crippen LogP contribution in [0.25, 0.3) is 11.5 Å². The van der Waals surface area contributed by atoms with E-state index in [1.54, 1.807) is 35.2 Å². The number of amides is 2. The summed E-state index contributed by atoms with van der Waals surface area (Å²) in [6.07, 6.45) is 3.91. The summed E-state index contributed by atoms with van der Waals surface area (Å²) in [5.41, 5.74) is 1.27. The molecule has 2 unspecified atom stereocenters. The van der Waals surface area contributed by atoms with Gasteiger partial charge in [0.05, 0.1) is 6.26 Å². The number of benzene rings is 1. The van der Waals surface area contributed by atoms with Crippen LogP contribution in [0.5, 0.6) is 11.5 Å². The Morgan fingerprint density at radius 1 is 1.31 bits per heavy atom. The van der Waals surface area contributed by atoms with Crippen LogP contribution in [0.15, 0.2) is 47.1 Å². The van der Waals surface area contributed by atoms with Crippen LogP contribution in [0.1, 0.15) is 51.9 Å². The SMILES string of the molecule is CCCC1CC(=O)NC(n2nc(-c3ccco3)cc2NC(=O)COc2cccc3c2OC(C)(C)C3)N1. The van der Waals surface area contributed by atoms with Crippen molar-refractivity contribution in [3.63, 3.8) is 0 Å². The van der Waals surface area contributed by atoms with Gasteiger partial charge in [0.15, 0.2) is 30.2 Å². The lowest BCUT2D eigenvalue weighted by atomic mass is 10.0. The van der Waals surface area contributed by atoms with Gasteiger partial charge >= 0.3 is 0 Å². The van der Waals surface area contributed by atoms with Crippen molar-refractivity contribution in [1.82, 2.24) is 20.4 Å². The normalized spacial score (nSPS) is 20.4. The third kappa shape index (κ3) is 5.08. The van der Waals surface area contributed by atoms with Crippen LogP contribution in [0, 0.1) is 0 Å². The van der Waals surface area contributed by atoms with E-state index in [9.17, 15) is 9.59 Å². The molecule has 2 aliphatic heterocycles. The molecule has 2 aromatic heterocycles. The molecule has 3 N–H and O–H groups in total. The number of aromatic nitrogens is 2. The van der Waals surface area contributed by atoms with Crippen molar-refractivity contribution in [3.8, 4) is 23.0 Å². The van der Waals surface area contributed by atoms with Crippen molar-refractivity contribution in [1.29, 1.82) is 0 Å². The first-order valence-corrected chi connectivity index (χ1v) is 12.2. The number of nitrogens with one attached hydrogen (secondary N) is 3. The summed E-state index contributed by atoms with van der Waals surface area (Å²) < 4.78 is 18.9. The molecule has 3 aromatic rings. The van der Waals surface area contributed by atoms with Gasteiger partial charge in [-0.25, -0.2) is 4.68 Å². The summed E-state index contributed by atoms with van der Waals surface area (Å²) in [6.45, 7) is 5.89. The summed E-state index contributed by atoms with van der Waals surface area (Å²) in [7, 11) is 0. The Morgan fingerprint density at radius 3 is 2.94 bits per heavy atom. The highest BCUT2D eigenvalue weighted by molar-refractivity contribution is 5.91. The third-order valence-electron chi connectivity index (χ3n) is 6.20. The van der Waals surface area contributed by atoms with E-state index < -0.39 is 6.29 Å². The van der Waals surface area contributed by atoms with Gasteiger partial charge in [-0.05, 0) is 38.5 Å². The maximum Gasteiger partial charge on any atom is 0.263 e. The average molecular weight is 494 g/mol. The number of ether oxygens (including phenoxy) is 2. The van der Waals surface area contributed by atoms with Crippen molar-refractivity contribution in [3.05, 3.63) is 48.2 Å². The number of furan rings is 1. The van der Waals surface area contributed by atoms with Gasteiger partial charge in [0.2, 0.25) is 5.91 Å². The second-order valence-electron chi connectivity index (χ2n) is 9.78. The molecule has 2 aliphatic rings. The van der Waals surface area contributed by atoms with Crippen molar-refractivity contribution >= 4 is 17.6 Å². The van der Waals surface area contributed by atoms with Crippen molar-refractivity contribution < 1.29 is 23.5 Å². The van der Waals surface area contributed by atoms with Crippen molar-refractivity contribution in [2.75, 3.05) is 11.9 Å². The maximum absolute atomic E-state index is 12.9. The summed E-state index contributed by atoms with van der Waals surface area (Å²) in [5, 5.41) is 13.8. The molecule has 2 amide bonds. The Kier molecular flexibility index (Phi) is 6.44. The van der Waals surface area contributed by atoms with Gasteiger partial charge in [-0.15, -0.1) is 0 Å². The largest absolute Gasteiger partial charge is 0.483 e. The minimum absolute atomic E-state index is 0.0151. The molecule has 190 valence electrons. The minimum atomic E-state index is -0.615. The fourth-order valence-corrected chi connectivity index (χ4v) is 4.68. The fourth-order valence-electron chi connectivity index (χ4n) is 4.68. The van der Waals surface area contributed by atoms with Crippen LogP contribution >= 0.6 is 0 Å². The lowest BCUT2D eigenvalue weighted by Gasteiger charge is -2.32. The first-order chi connectivity index (χ1) is 17.3. The van der Waals surface area contributed by atoms with Gasteiger partial charge in [0.1, 0.15) is 17.1 Å². The van der Waals surface area contributed by atoms with Crippen LogP contribution in [0.2, 0.25) is 0 Å². The number of fused-ring (bicyclic) bond motifs is 1. The molecule has 4 heterocycles. The second-order valence-corrected chi connectivity index (χ2v) is 9.78. The Labute approximate surface area is 209 Å². The van der Waals surface area contributed by atoms with E-state index in [0.717, 1.165) is 24.8 Å². The minimum Gasteiger partial charge on any atom is -0.483 e. The highest BCUT2D eigenvalue weighted by Gasteiger charge is 2.33. The number of hydrogen-bond donors (Lipinski definition) is 3. The number of para-hydroxylation sites is 1. The average Bonchev–Trinajstić information content (AvgIpc) is 3.55. The number of rotatable bonds is 8. The van der Waals surface area contributed by atoms with Crippen LogP contribution in [-0.4, -0.2) is 39.8 Å². The zero-order valence-corrected chi connectivity index (χ0v) is 20.7. The predicted molar refractivity (Wildman–Crippen MR) is 133 cm³/mol. The second kappa shape index (κ2) is 9.69. The summed E-state index contributed by atoms with van der Waals surface area (Å²) in [5.74, 6) is 1.71. The third-order valence-corrected chi connectivity index (χ3v) is 6.20. The Morgan fingerprint density at radius 2 is 2.17 bits per heavy atom. The van der Waals surface area contributed by atoms with E-state index in [0.29, 0.717) is 35.2 Å². The van der Waals surface area contributed by atoms with E-state index in [1.165, 1.54) is 0 Å². The molecule has 36 heavy (non-hydrogen) atoms. The first-order valence-electron chi connectivity index (χ1n) is 12.2. The molecule has 0 radical (unpaired) electrons. The summed E-state index contributed by atoms with van der Waals surface area (Å²) in [4.78, 5) is 25.3. The quantitative estimate of drug-likeness (QED) is 0.439.